The highest BCUT2D eigenvalue weighted by Crippen LogP contribution is 2.19. The molecule has 0 bridgehead atoms. The summed E-state index contributed by atoms with van der Waals surface area (Å²) in [6.45, 7) is 4.13. The maximum Gasteiger partial charge on any atom is 0.320 e. The van der Waals surface area contributed by atoms with Crippen LogP contribution in [0.1, 0.15) is 13.3 Å². The Kier molecular flexibility index (Phi) is 2.85. The molecule has 5 nitrogen and oxygen atoms in total. The number of aliphatic carboxylic acids is 1. The molecular weight excluding hydrogens is 208 g/mol. The summed E-state index contributed by atoms with van der Waals surface area (Å²) in [5.74, 6) is -1.18. The van der Waals surface area contributed by atoms with Gasteiger partial charge >= 0.3 is 12.0 Å². The van der Waals surface area contributed by atoms with E-state index in [2.05, 4.69) is 6.08 Å². The monoisotopic (exact) mass is 224 g/mol. The van der Waals surface area contributed by atoms with Crippen molar-refractivity contribution in [3.05, 3.63) is 11.6 Å². The minimum Gasteiger partial charge on any atom is -0.481 e. The maximum absolute atomic E-state index is 11.9. The fourth-order valence-corrected chi connectivity index (χ4v) is 2.07. The van der Waals surface area contributed by atoms with Gasteiger partial charge in [-0.1, -0.05) is 11.6 Å². The Balaban J connectivity index is 1.86. The lowest BCUT2D eigenvalue weighted by atomic mass is 10.0. The average Bonchev–Trinajstić information content (AvgIpc) is 2.14. The molecule has 2 aliphatic rings. The van der Waals surface area contributed by atoms with Crippen molar-refractivity contribution < 1.29 is 14.7 Å². The van der Waals surface area contributed by atoms with Crippen LogP contribution < -0.4 is 0 Å². The Bertz CT molecular complexity index is 345. The summed E-state index contributed by atoms with van der Waals surface area (Å²) in [7, 11) is 0. The minimum absolute atomic E-state index is 0.0232. The first-order chi connectivity index (χ1) is 7.58. The Morgan fingerprint density at radius 2 is 2.06 bits per heavy atom. The molecule has 0 atom stereocenters. The van der Waals surface area contributed by atoms with Crippen LogP contribution >= 0.6 is 0 Å². The van der Waals surface area contributed by atoms with E-state index in [0.29, 0.717) is 19.6 Å². The number of urea groups is 1. The second-order valence-corrected chi connectivity index (χ2v) is 4.48. The molecule has 0 saturated carbocycles. The summed E-state index contributed by atoms with van der Waals surface area (Å²) in [4.78, 5) is 25.9. The number of carboxylic acid groups (broad SMARTS) is 1. The number of hydrogen-bond donors (Lipinski definition) is 1. The van der Waals surface area contributed by atoms with Gasteiger partial charge in [0.25, 0.3) is 0 Å². The third kappa shape index (κ3) is 2.03. The summed E-state index contributed by atoms with van der Waals surface area (Å²) in [6.07, 6.45) is 3.04. The fourth-order valence-electron chi connectivity index (χ4n) is 2.07. The summed E-state index contributed by atoms with van der Waals surface area (Å²) >= 11 is 0. The second kappa shape index (κ2) is 4.15. The van der Waals surface area contributed by atoms with Crippen LogP contribution in [0.3, 0.4) is 0 Å². The smallest absolute Gasteiger partial charge is 0.320 e. The van der Waals surface area contributed by atoms with Crippen LogP contribution in [0, 0.1) is 5.92 Å². The zero-order chi connectivity index (χ0) is 11.7. The molecule has 0 aromatic carbocycles. The Morgan fingerprint density at radius 1 is 1.38 bits per heavy atom. The molecule has 0 aliphatic carbocycles. The van der Waals surface area contributed by atoms with Crippen LogP contribution in [0.15, 0.2) is 11.6 Å². The van der Waals surface area contributed by atoms with E-state index < -0.39 is 5.97 Å². The number of likely N-dealkylation sites (tertiary alicyclic amines) is 1. The van der Waals surface area contributed by atoms with Crippen LogP contribution in [0.4, 0.5) is 4.79 Å². The third-order valence-corrected chi connectivity index (χ3v) is 3.10. The molecule has 2 amide bonds. The van der Waals surface area contributed by atoms with Crippen molar-refractivity contribution in [3.63, 3.8) is 0 Å². The highest BCUT2D eigenvalue weighted by atomic mass is 16.4. The number of carbonyl (C=O) groups is 2. The Morgan fingerprint density at radius 3 is 2.62 bits per heavy atom. The van der Waals surface area contributed by atoms with E-state index in [1.54, 1.807) is 9.80 Å². The molecule has 88 valence electrons. The molecule has 5 heteroatoms. The molecule has 2 heterocycles. The van der Waals surface area contributed by atoms with Crippen molar-refractivity contribution in [1.29, 1.82) is 0 Å². The van der Waals surface area contributed by atoms with E-state index in [1.165, 1.54) is 5.57 Å². The normalized spacial score (nSPS) is 21.4. The third-order valence-electron chi connectivity index (χ3n) is 3.10. The molecule has 0 aromatic rings. The first-order valence-corrected chi connectivity index (χ1v) is 5.50. The van der Waals surface area contributed by atoms with Crippen molar-refractivity contribution in [1.82, 2.24) is 9.80 Å². The number of amides is 2. The van der Waals surface area contributed by atoms with Gasteiger partial charge in [0.2, 0.25) is 0 Å². The second-order valence-electron chi connectivity index (χ2n) is 4.48. The molecular formula is C11H16N2O3. The van der Waals surface area contributed by atoms with Crippen LogP contribution in [-0.4, -0.2) is 53.1 Å². The first kappa shape index (κ1) is 11.0. The molecule has 16 heavy (non-hydrogen) atoms. The number of rotatable bonds is 1. The van der Waals surface area contributed by atoms with Gasteiger partial charge in [-0.05, 0) is 13.3 Å². The van der Waals surface area contributed by atoms with E-state index in [1.807, 2.05) is 6.92 Å². The molecule has 0 unspecified atom stereocenters. The molecule has 1 N–H and O–H groups in total. The number of carbonyl (C=O) groups excluding carboxylic acids is 1. The number of nitrogens with zero attached hydrogens (tertiary/aromatic N) is 2. The van der Waals surface area contributed by atoms with E-state index in [-0.39, 0.29) is 11.9 Å². The van der Waals surface area contributed by atoms with Gasteiger partial charge in [0, 0.05) is 26.2 Å². The van der Waals surface area contributed by atoms with Gasteiger partial charge < -0.3 is 14.9 Å². The van der Waals surface area contributed by atoms with Crippen molar-refractivity contribution >= 4 is 12.0 Å². The summed E-state index contributed by atoms with van der Waals surface area (Å²) in [5.41, 5.74) is 1.20. The quantitative estimate of drug-likeness (QED) is 0.669. The molecule has 0 aromatic heterocycles. The van der Waals surface area contributed by atoms with E-state index >= 15 is 0 Å². The topological polar surface area (TPSA) is 60.9 Å². The zero-order valence-electron chi connectivity index (χ0n) is 9.35. The highest BCUT2D eigenvalue weighted by molar-refractivity contribution is 5.80. The van der Waals surface area contributed by atoms with Gasteiger partial charge in [-0.2, -0.15) is 0 Å². The standard InChI is InChI=1S/C11H16N2O3/c1-8-3-2-4-12(5-8)11(16)13-6-9(7-13)10(14)15/h3,9H,2,4-7H2,1H3,(H,14,15). The van der Waals surface area contributed by atoms with Crippen molar-refractivity contribution in [3.8, 4) is 0 Å². The average molecular weight is 224 g/mol. The molecule has 1 saturated heterocycles. The highest BCUT2D eigenvalue weighted by Gasteiger charge is 2.37. The van der Waals surface area contributed by atoms with Crippen LogP contribution in [0.2, 0.25) is 0 Å². The van der Waals surface area contributed by atoms with Crippen molar-refractivity contribution in [2.75, 3.05) is 26.2 Å². The van der Waals surface area contributed by atoms with Crippen LogP contribution in [0.25, 0.3) is 0 Å². The van der Waals surface area contributed by atoms with Gasteiger partial charge in [-0.3, -0.25) is 4.79 Å². The number of carboxylic acids is 1. The van der Waals surface area contributed by atoms with E-state index in [4.69, 9.17) is 5.11 Å². The molecule has 2 aliphatic heterocycles. The van der Waals surface area contributed by atoms with Crippen LogP contribution in [-0.2, 0) is 4.79 Å². The molecule has 0 radical (unpaired) electrons. The zero-order valence-corrected chi connectivity index (χ0v) is 9.35. The van der Waals surface area contributed by atoms with Crippen LogP contribution in [0.5, 0.6) is 0 Å². The van der Waals surface area contributed by atoms with E-state index in [0.717, 1.165) is 13.0 Å². The minimum atomic E-state index is -0.807. The van der Waals surface area contributed by atoms with Gasteiger partial charge in [-0.25, -0.2) is 4.79 Å². The molecule has 0 spiro atoms. The predicted octanol–water partition coefficient (Wildman–Crippen LogP) is 0.775. The lowest BCUT2D eigenvalue weighted by Gasteiger charge is -2.40. The van der Waals surface area contributed by atoms with Crippen molar-refractivity contribution in [2.24, 2.45) is 5.92 Å². The number of hydrogen-bond acceptors (Lipinski definition) is 2. The van der Waals surface area contributed by atoms with Gasteiger partial charge in [-0.15, -0.1) is 0 Å². The van der Waals surface area contributed by atoms with Gasteiger partial charge in [0.15, 0.2) is 0 Å². The lowest BCUT2D eigenvalue weighted by molar-refractivity contribution is -0.146. The Hall–Kier alpha value is -1.52. The maximum atomic E-state index is 11.9. The lowest BCUT2D eigenvalue weighted by Crippen LogP contribution is -2.57. The predicted molar refractivity (Wildman–Crippen MR) is 58.0 cm³/mol. The molecule has 1 fully saturated rings. The first-order valence-electron chi connectivity index (χ1n) is 5.50. The van der Waals surface area contributed by atoms with Gasteiger partial charge in [0.1, 0.15) is 0 Å². The van der Waals surface area contributed by atoms with E-state index in [9.17, 15) is 9.59 Å². The molecule has 2 rings (SSSR count). The summed E-state index contributed by atoms with van der Waals surface area (Å²) in [5, 5.41) is 8.72. The summed E-state index contributed by atoms with van der Waals surface area (Å²) in [6, 6.07) is -0.0232. The SMILES string of the molecule is CC1=CCCN(C(=O)N2CC(C(=O)O)C2)C1. The van der Waals surface area contributed by atoms with Crippen molar-refractivity contribution in [2.45, 2.75) is 13.3 Å². The van der Waals surface area contributed by atoms with Gasteiger partial charge in [0.05, 0.1) is 5.92 Å². The summed E-state index contributed by atoms with van der Waals surface area (Å²) < 4.78 is 0. The Labute approximate surface area is 94.3 Å². The fraction of sp³-hybridized carbons (Fsp3) is 0.636. The largest absolute Gasteiger partial charge is 0.481 e.